The number of aliphatic hydroxyl groups excluding tert-OH is 1. The van der Waals surface area contributed by atoms with Crippen LogP contribution in [0.25, 0.3) is 0 Å². The van der Waals surface area contributed by atoms with Crippen molar-refractivity contribution in [3.63, 3.8) is 0 Å². The fourth-order valence-corrected chi connectivity index (χ4v) is 3.52. The molecule has 0 radical (unpaired) electrons. The summed E-state index contributed by atoms with van der Waals surface area (Å²) in [5.74, 6) is -0.367. The van der Waals surface area contributed by atoms with Gasteiger partial charge in [0.2, 0.25) is 0 Å². The largest absolute Gasteiger partial charge is 0.392 e. The first-order chi connectivity index (χ1) is 8.56. The van der Waals surface area contributed by atoms with Gasteiger partial charge in [-0.25, -0.2) is 4.39 Å². The van der Waals surface area contributed by atoms with E-state index in [1.807, 2.05) is 12.1 Å². The van der Waals surface area contributed by atoms with E-state index in [2.05, 4.69) is 15.9 Å². The Bertz CT molecular complexity index is 523. The molecule has 0 aliphatic carbocycles. The third-order valence-corrected chi connectivity index (χ3v) is 4.57. The van der Waals surface area contributed by atoms with Gasteiger partial charge in [-0.05, 0) is 40.2 Å². The van der Waals surface area contributed by atoms with Gasteiger partial charge in [0.15, 0.2) is 0 Å². The quantitative estimate of drug-likeness (QED) is 0.864. The lowest BCUT2D eigenvalue weighted by Gasteiger charge is -2.11. The standard InChI is InChI=1S/C13H11BrClFOS/c14-13-5-4-9(18-13)6-8(17)7-10-11(15)2-1-3-12(10)16/h1-5,8,17H,6-7H2. The summed E-state index contributed by atoms with van der Waals surface area (Å²) in [6.07, 6.45) is 0.0899. The minimum absolute atomic E-state index is 0.223. The Balaban J connectivity index is 2.05. The number of benzene rings is 1. The Labute approximate surface area is 122 Å². The second-order valence-corrected chi connectivity index (χ2v) is 6.92. The van der Waals surface area contributed by atoms with E-state index in [0.29, 0.717) is 17.0 Å². The molecule has 1 nitrogen and oxygen atoms in total. The minimum Gasteiger partial charge on any atom is -0.392 e. The second kappa shape index (κ2) is 6.15. The molecule has 96 valence electrons. The highest BCUT2D eigenvalue weighted by atomic mass is 79.9. The molecular formula is C13H11BrClFOS. The molecule has 0 aliphatic rings. The number of hydrogen-bond donors (Lipinski definition) is 1. The van der Waals surface area contributed by atoms with Crippen molar-refractivity contribution in [2.75, 3.05) is 0 Å². The normalized spacial score (nSPS) is 12.7. The van der Waals surface area contributed by atoms with Crippen molar-refractivity contribution in [1.29, 1.82) is 0 Å². The summed E-state index contributed by atoms with van der Waals surface area (Å²) in [6, 6.07) is 8.43. The van der Waals surface area contributed by atoms with E-state index in [-0.39, 0.29) is 12.2 Å². The van der Waals surface area contributed by atoms with Crippen LogP contribution in [0.2, 0.25) is 5.02 Å². The van der Waals surface area contributed by atoms with Gasteiger partial charge in [-0.15, -0.1) is 11.3 Å². The molecule has 18 heavy (non-hydrogen) atoms. The Kier molecular flexibility index (Phi) is 4.78. The zero-order chi connectivity index (χ0) is 13.1. The van der Waals surface area contributed by atoms with E-state index in [0.717, 1.165) is 8.66 Å². The summed E-state index contributed by atoms with van der Waals surface area (Å²) in [5, 5.41) is 10.3. The van der Waals surface area contributed by atoms with Crippen molar-refractivity contribution in [1.82, 2.24) is 0 Å². The number of thiophene rings is 1. The first-order valence-electron chi connectivity index (χ1n) is 5.41. The maximum Gasteiger partial charge on any atom is 0.127 e. The molecule has 2 aromatic rings. The molecule has 0 fully saturated rings. The molecule has 1 aromatic heterocycles. The summed E-state index contributed by atoms with van der Waals surface area (Å²) in [5.41, 5.74) is 0.377. The number of rotatable bonds is 4. The molecule has 2 rings (SSSR count). The van der Waals surface area contributed by atoms with Crippen molar-refractivity contribution in [3.05, 3.63) is 55.4 Å². The first-order valence-corrected chi connectivity index (χ1v) is 7.40. The molecule has 0 saturated carbocycles. The van der Waals surface area contributed by atoms with Crippen LogP contribution in [0.1, 0.15) is 10.4 Å². The third-order valence-electron chi connectivity index (χ3n) is 2.57. The fraction of sp³-hybridized carbons (Fsp3) is 0.231. The van der Waals surface area contributed by atoms with Crippen LogP contribution in [-0.4, -0.2) is 11.2 Å². The Morgan fingerprint density at radius 1 is 1.28 bits per heavy atom. The van der Waals surface area contributed by atoms with Gasteiger partial charge in [-0.2, -0.15) is 0 Å². The van der Waals surface area contributed by atoms with E-state index in [1.54, 1.807) is 23.5 Å². The summed E-state index contributed by atoms with van der Waals surface area (Å²) in [6.45, 7) is 0. The minimum atomic E-state index is -0.634. The fourth-order valence-electron chi connectivity index (χ4n) is 1.73. The van der Waals surface area contributed by atoms with Crippen LogP contribution in [0.3, 0.4) is 0 Å². The van der Waals surface area contributed by atoms with Crippen molar-refractivity contribution in [2.45, 2.75) is 18.9 Å². The predicted octanol–water partition coefficient (Wildman–Crippen LogP) is 4.45. The van der Waals surface area contributed by atoms with Gasteiger partial charge in [0, 0.05) is 28.3 Å². The Hall–Kier alpha value is -0.420. The van der Waals surface area contributed by atoms with E-state index >= 15 is 0 Å². The first kappa shape index (κ1) is 14.0. The topological polar surface area (TPSA) is 20.2 Å². The molecule has 1 unspecified atom stereocenters. The predicted molar refractivity (Wildman–Crippen MR) is 76.8 cm³/mol. The number of halogens is 3. The smallest absolute Gasteiger partial charge is 0.127 e. The second-order valence-electron chi connectivity index (χ2n) is 3.97. The van der Waals surface area contributed by atoms with Gasteiger partial charge in [-0.3, -0.25) is 0 Å². The monoisotopic (exact) mass is 348 g/mol. The van der Waals surface area contributed by atoms with Crippen LogP contribution in [0.4, 0.5) is 4.39 Å². The molecule has 1 atom stereocenters. The van der Waals surface area contributed by atoms with Crippen LogP contribution in [0.5, 0.6) is 0 Å². The highest BCUT2D eigenvalue weighted by Gasteiger charge is 2.14. The highest BCUT2D eigenvalue weighted by molar-refractivity contribution is 9.11. The molecule has 0 aliphatic heterocycles. The molecule has 1 aromatic carbocycles. The molecule has 1 N–H and O–H groups in total. The van der Waals surface area contributed by atoms with Crippen LogP contribution < -0.4 is 0 Å². The summed E-state index contributed by atoms with van der Waals surface area (Å²) < 4.78 is 14.6. The lowest BCUT2D eigenvalue weighted by molar-refractivity contribution is 0.175. The van der Waals surface area contributed by atoms with E-state index < -0.39 is 6.10 Å². The lowest BCUT2D eigenvalue weighted by atomic mass is 10.0. The van der Waals surface area contributed by atoms with E-state index in [1.165, 1.54) is 6.07 Å². The zero-order valence-electron chi connectivity index (χ0n) is 9.37. The Morgan fingerprint density at radius 2 is 2.06 bits per heavy atom. The molecule has 5 heteroatoms. The molecule has 0 spiro atoms. The van der Waals surface area contributed by atoms with Crippen molar-refractivity contribution in [2.24, 2.45) is 0 Å². The van der Waals surface area contributed by atoms with Crippen molar-refractivity contribution < 1.29 is 9.50 Å². The number of aliphatic hydroxyl groups is 1. The molecule has 0 bridgehead atoms. The molecule has 1 heterocycles. The number of hydrogen-bond acceptors (Lipinski definition) is 2. The van der Waals surface area contributed by atoms with Gasteiger partial charge >= 0.3 is 0 Å². The van der Waals surface area contributed by atoms with Gasteiger partial charge in [0.1, 0.15) is 5.82 Å². The molecular weight excluding hydrogens is 339 g/mol. The average Bonchev–Trinajstić information content (AvgIpc) is 2.69. The van der Waals surface area contributed by atoms with Gasteiger partial charge < -0.3 is 5.11 Å². The SMILES string of the molecule is OC(Cc1ccc(Br)s1)Cc1c(F)cccc1Cl. The maximum atomic E-state index is 13.6. The summed E-state index contributed by atoms with van der Waals surface area (Å²) in [7, 11) is 0. The van der Waals surface area contributed by atoms with Crippen molar-refractivity contribution >= 4 is 38.9 Å². The van der Waals surface area contributed by atoms with E-state index in [9.17, 15) is 9.50 Å². The zero-order valence-corrected chi connectivity index (χ0v) is 12.5. The molecule has 0 amide bonds. The average molecular weight is 350 g/mol. The van der Waals surface area contributed by atoms with Crippen LogP contribution in [0.15, 0.2) is 34.1 Å². The van der Waals surface area contributed by atoms with Gasteiger partial charge in [0.05, 0.1) is 9.89 Å². The summed E-state index contributed by atoms with van der Waals surface area (Å²) in [4.78, 5) is 1.06. The Morgan fingerprint density at radius 3 is 2.67 bits per heavy atom. The van der Waals surface area contributed by atoms with Crippen LogP contribution >= 0.6 is 38.9 Å². The van der Waals surface area contributed by atoms with Crippen LogP contribution in [0, 0.1) is 5.82 Å². The van der Waals surface area contributed by atoms with Crippen LogP contribution in [-0.2, 0) is 12.8 Å². The van der Waals surface area contributed by atoms with Gasteiger partial charge in [-0.1, -0.05) is 17.7 Å². The summed E-state index contributed by atoms with van der Waals surface area (Å²) >= 11 is 10.9. The van der Waals surface area contributed by atoms with E-state index in [4.69, 9.17) is 11.6 Å². The molecule has 0 saturated heterocycles. The maximum absolute atomic E-state index is 13.6. The third kappa shape index (κ3) is 3.54. The lowest BCUT2D eigenvalue weighted by Crippen LogP contribution is -2.14. The van der Waals surface area contributed by atoms with Gasteiger partial charge in [0.25, 0.3) is 0 Å². The highest BCUT2D eigenvalue weighted by Crippen LogP contribution is 2.25. The van der Waals surface area contributed by atoms with Crippen molar-refractivity contribution in [3.8, 4) is 0 Å².